The van der Waals surface area contributed by atoms with Crippen molar-refractivity contribution in [1.82, 2.24) is 4.57 Å². The van der Waals surface area contributed by atoms with E-state index in [1.807, 2.05) is 31.2 Å². The fraction of sp³-hybridized carbons (Fsp3) is 0.333. The molecule has 0 unspecified atom stereocenters. The van der Waals surface area contributed by atoms with Gasteiger partial charge < -0.3 is 9.47 Å². The summed E-state index contributed by atoms with van der Waals surface area (Å²) in [4.78, 5) is 44.3. The van der Waals surface area contributed by atoms with Crippen LogP contribution in [0.1, 0.15) is 76.1 Å². The summed E-state index contributed by atoms with van der Waals surface area (Å²) < 4.78 is 13.6. The third-order valence-corrected chi connectivity index (χ3v) is 7.80. The lowest BCUT2D eigenvalue weighted by Crippen LogP contribution is -2.40. The van der Waals surface area contributed by atoms with Gasteiger partial charge in [0.1, 0.15) is 5.75 Å². The number of carbonyl (C=O) groups is 2. The molecule has 0 saturated heterocycles. The standard InChI is InChI=1S/C30H31BrN2O5S/c1-6-8-23-26(29(36)37-7-2)27(20-11-9-19(10-12-20)17(3)4)33-28(35)25(39-30(33)32-23)16-21-15-22(31)13-14-24(21)38-18(5)34/h9-17,27H,6-8H2,1-5H3/b25-16-/t27-/m1/s1. The third-order valence-electron chi connectivity index (χ3n) is 6.32. The molecule has 3 aromatic rings. The van der Waals surface area contributed by atoms with Crippen LogP contribution in [0, 0.1) is 0 Å². The van der Waals surface area contributed by atoms with Crippen LogP contribution in [0.15, 0.2) is 68.0 Å². The second-order valence-corrected chi connectivity index (χ2v) is 11.4. The zero-order valence-corrected chi connectivity index (χ0v) is 25.0. The molecule has 4 rings (SSSR count). The predicted octanol–water partition coefficient (Wildman–Crippen LogP) is 5.39. The van der Waals surface area contributed by atoms with Gasteiger partial charge in [-0.05, 0) is 54.7 Å². The lowest BCUT2D eigenvalue weighted by molar-refractivity contribution is -0.139. The van der Waals surface area contributed by atoms with E-state index in [0.29, 0.717) is 44.3 Å². The van der Waals surface area contributed by atoms with E-state index in [1.165, 1.54) is 18.3 Å². The Morgan fingerprint density at radius 2 is 1.87 bits per heavy atom. The number of halogens is 1. The molecule has 9 heteroatoms. The largest absolute Gasteiger partial charge is 0.463 e. The SMILES string of the molecule is CCCC1=C(C(=O)OCC)[C@@H](c2ccc(C(C)C)cc2)n2c(s/c(=C\c3cc(Br)ccc3OC(C)=O)c2=O)=N1. The molecule has 0 spiro atoms. The molecule has 0 saturated carbocycles. The molecule has 1 aromatic heterocycles. The lowest BCUT2D eigenvalue weighted by atomic mass is 9.92. The molecule has 0 N–H and O–H groups in total. The van der Waals surface area contributed by atoms with Crippen molar-refractivity contribution in [2.75, 3.05) is 6.61 Å². The monoisotopic (exact) mass is 610 g/mol. The Kier molecular flexibility index (Phi) is 9.02. The molecule has 1 aliphatic rings. The number of hydrogen-bond donors (Lipinski definition) is 0. The van der Waals surface area contributed by atoms with Gasteiger partial charge in [-0.25, -0.2) is 9.79 Å². The fourth-order valence-electron chi connectivity index (χ4n) is 4.52. The van der Waals surface area contributed by atoms with Gasteiger partial charge >= 0.3 is 11.9 Å². The molecule has 0 radical (unpaired) electrons. The van der Waals surface area contributed by atoms with E-state index < -0.39 is 18.0 Å². The minimum absolute atomic E-state index is 0.215. The number of allylic oxidation sites excluding steroid dienone is 1. The van der Waals surface area contributed by atoms with Crippen LogP contribution in [0.4, 0.5) is 0 Å². The summed E-state index contributed by atoms with van der Waals surface area (Å²) in [5.41, 5.74) is 3.27. The molecular weight excluding hydrogens is 580 g/mol. The van der Waals surface area contributed by atoms with E-state index in [-0.39, 0.29) is 12.2 Å². The maximum absolute atomic E-state index is 14.0. The van der Waals surface area contributed by atoms with Gasteiger partial charge in [0.15, 0.2) is 4.80 Å². The first kappa shape index (κ1) is 28.7. The van der Waals surface area contributed by atoms with Crippen LogP contribution in [-0.2, 0) is 14.3 Å². The molecule has 0 bridgehead atoms. The second-order valence-electron chi connectivity index (χ2n) is 9.51. The molecule has 1 atom stereocenters. The second kappa shape index (κ2) is 12.3. The smallest absolute Gasteiger partial charge is 0.338 e. The number of hydrogen-bond acceptors (Lipinski definition) is 7. The Hall–Kier alpha value is -3.30. The average Bonchev–Trinajstić information content (AvgIpc) is 3.19. The molecule has 0 aliphatic carbocycles. The fourth-order valence-corrected chi connectivity index (χ4v) is 5.91. The maximum atomic E-state index is 14.0. The summed E-state index contributed by atoms with van der Waals surface area (Å²) in [6, 6.07) is 12.5. The first-order chi connectivity index (χ1) is 18.6. The molecule has 2 aromatic carbocycles. The normalized spacial score (nSPS) is 15.3. The molecule has 7 nitrogen and oxygen atoms in total. The number of benzene rings is 2. The highest BCUT2D eigenvalue weighted by Crippen LogP contribution is 2.33. The Balaban J connectivity index is 1.99. The van der Waals surface area contributed by atoms with Crippen LogP contribution in [0.2, 0.25) is 0 Å². The lowest BCUT2D eigenvalue weighted by Gasteiger charge is -2.26. The van der Waals surface area contributed by atoms with Crippen molar-refractivity contribution in [1.29, 1.82) is 0 Å². The number of esters is 2. The molecule has 0 amide bonds. The highest BCUT2D eigenvalue weighted by Gasteiger charge is 2.34. The van der Waals surface area contributed by atoms with Gasteiger partial charge in [-0.15, -0.1) is 0 Å². The Morgan fingerprint density at radius 1 is 1.15 bits per heavy atom. The van der Waals surface area contributed by atoms with Crippen LogP contribution in [0.25, 0.3) is 6.08 Å². The van der Waals surface area contributed by atoms with Gasteiger partial charge in [0.05, 0.1) is 28.5 Å². The van der Waals surface area contributed by atoms with Gasteiger partial charge in [0.2, 0.25) is 0 Å². The topological polar surface area (TPSA) is 87.0 Å². The van der Waals surface area contributed by atoms with Crippen molar-refractivity contribution in [3.63, 3.8) is 0 Å². The van der Waals surface area contributed by atoms with Crippen molar-refractivity contribution in [2.24, 2.45) is 4.99 Å². The van der Waals surface area contributed by atoms with Gasteiger partial charge in [0.25, 0.3) is 5.56 Å². The summed E-state index contributed by atoms with van der Waals surface area (Å²) in [7, 11) is 0. The number of rotatable bonds is 8. The van der Waals surface area contributed by atoms with Gasteiger partial charge in [0, 0.05) is 17.0 Å². The van der Waals surface area contributed by atoms with Crippen molar-refractivity contribution in [2.45, 2.75) is 59.4 Å². The molecular formula is C30H31BrN2O5S. The first-order valence-electron chi connectivity index (χ1n) is 12.9. The zero-order chi connectivity index (χ0) is 28.3. The van der Waals surface area contributed by atoms with Crippen molar-refractivity contribution < 1.29 is 19.1 Å². The van der Waals surface area contributed by atoms with Crippen LogP contribution in [-0.4, -0.2) is 23.1 Å². The number of nitrogens with zero attached hydrogens (tertiary/aromatic N) is 2. The number of fused-ring (bicyclic) bond motifs is 1. The van der Waals surface area contributed by atoms with Crippen LogP contribution in [0.5, 0.6) is 5.75 Å². The molecule has 1 aliphatic heterocycles. The van der Waals surface area contributed by atoms with Crippen LogP contribution < -0.4 is 19.6 Å². The number of ether oxygens (including phenoxy) is 2. The summed E-state index contributed by atoms with van der Waals surface area (Å²) >= 11 is 4.69. The Morgan fingerprint density at radius 3 is 2.49 bits per heavy atom. The van der Waals surface area contributed by atoms with E-state index in [2.05, 4.69) is 29.8 Å². The summed E-state index contributed by atoms with van der Waals surface area (Å²) in [5, 5.41) is 0. The molecule has 39 heavy (non-hydrogen) atoms. The zero-order valence-electron chi connectivity index (χ0n) is 22.6. The van der Waals surface area contributed by atoms with E-state index in [4.69, 9.17) is 14.5 Å². The highest BCUT2D eigenvalue weighted by molar-refractivity contribution is 9.10. The van der Waals surface area contributed by atoms with Gasteiger partial charge in [-0.3, -0.25) is 14.2 Å². The van der Waals surface area contributed by atoms with Crippen LogP contribution in [0.3, 0.4) is 0 Å². The number of aromatic nitrogens is 1. The van der Waals surface area contributed by atoms with E-state index in [9.17, 15) is 14.4 Å². The maximum Gasteiger partial charge on any atom is 0.338 e. The Bertz CT molecular complexity index is 1620. The molecule has 204 valence electrons. The summed E-state index contributed by atoms with van der Waals surface area (Å²) in [6.07, 6.45) is 3.04. The predicted molar refractivity (Wildman–Crippen MR) is 156 cm³/mol. The van der Waals surface area contributed by atoms with Crippen LogP contribution >= 0.6 is 27.3 Å². The molecule has 0 fully saturated rings. The highest BCUT2D eigenvalue weighted by atomic mass is 79.9. The van der Waals surface area contributed by atoms with E-state index in [0.717, 1.165) is 22.0 Å². The number of carbonyl (C=O) groups excluding carboxylic acids is 2. The van der Waals surface area contributed by atoms with E-state index >= 15 is 0 Å². The molecule has 2 heterocycles. The van der Waals surface area contributed by atoms with Crippen molar-refractivity contribution in [3.05, 3.63) is 94.6 Å². The third kappa shape index (κ3) is 6.15. The quantitative estimate of drug-likeness (QED) is 0.252. The van der Waals surface area contributed by atoms with Crippen molar-refractivity contribution in [3.8, 4) is 5.75 Å². The van der Waals surface area contributed by atoms with Crippen molar-refractivity contribution >= 4 is 45.3 Å². The minimum Gasteiger partial charge on any atom is -0.463 e. The summed E-state index contributed by atoms with van der Waals surface area (Å²) in [6.45, 7) is 9.57. The number of thiazole rings is 1. The Labute approximate surface area is 239 Å². The van der Waals surface area contributed by atoms with E-state index in [1.54, 1.807) is 35.8 Å². The summed E-state index contributed by atoms with van der Waals surface area (Å²) in [5.74, 6) is -0.243. The van der Waals surface area contributed by atoms with Gasteiger partial charge in [-0.2, -0.15) is 0 Å². The average molecular weight is 612 g/mol. The van der Waals surface area contributed by atoms with Gasteiger partial charge in [-0.1, -0.05) is 78.7 Å². The minimum atomic E-state index is -0.680. The first-order valence-corrected chi connectivity index (χ1v) is 14.5.